The van der Waals surface area contributed by atoms with Crippen LogP contribution in [0.5, 0.6) is 5.75 Å². The number of phenolic OH excluding ortho intramolecular Hbond substituents is 1. The Kier molecular flexibility index (Phi) is 8.19. The Balaban J connectivity index is 1.36. The van der Waals surface area contributed by atoms with Crippen molar-refractivity contribution >= 4 is 21.6 Å². The summed E-state index contributed by atoms with van der Waals surface area (Å²) in [6.07, 6.45) is 16.2. The van der Waals surface area contributed by atoms with Crippen LogP contribution in [0.15, 0.2) is 54.6 Å². The van der Waals surface area contributed by atoms with Gasteiger partial charge in [-0.15, -0.1) is 0 Å². The zero-order valence-corrected chi connectivity index (χ0v) is 25.8. The first-order valence-corrected chi connectivity index (χ1v) is 17.7. The third kappa shape index (κ3) is 6.44. The van der Waals surface area contributed by atoms with Crippen LogP contribution >= 0.6 is 21.6 Å². The van der Waals surface area contributed by atoms with Crippen molar-refractivity contribution in [1.29, 1.82) is 0 Å². The summed E-state index contributed by atoms with van der Waals surface area (Å²) in [5.74, 6) is 4.60. The van der Waals surface area contributed by atoms with Gasteiger partial charge in [-0.1, -0.05) is 77.9 Å². The maximum absolute atomic E-state index is 10.8. The highest BCUT2D eigenvalue weighted by molar-refractivity contribution is 8.77. The average molecular weight is 562 g/mol. The third-order valence-electron chi connectivity index (χ3n) is 10.5. The van der Waals surface area contributed by atoms with E-state index in [1.54, 1.807) is 0 Å². The van der Waals surface area contributed by atoms with E-state index in [2.05, 4.69) is 90.2 Å². The predicted octanol–water partition coefficient (Wildman–Crippen LogP) is 8.96. The van der Waals surface area contributed by atoms with Gasteiger partial charge in [-0.2, -0.15) is 0 Å². The summed E-state index contributed by atoms with van der Waals surface area (Å²) < 4.78 is 0. The number of aromatic hydroxyl groups is 1. The Morgan fingerprint density at radius 1 is 1.00 bits per heavy atom. The molecule has 2 fully saturated rings. The SMILES string of the molecule is C[C@@H]1CC=C[C@](C)([C@@H]2C[C@@H]3Cc4cc(O)cc(c4)Cc4ccccc4CN[C@]4(C)CC[C@H](SSC4)[C@H](C3)C2)C1. The molecule has 2 N–H and O–H groups in total. The van der Waals surface area contributed by atoms with Crippen LogP contribution in [-0.4, -0.2) is 21.6 Å². The highest BCUT2D eigenvalue weighted by atomic mass is 33.1. The van der Waals surface area contributed by atoms with Crippen molar-refractivity contribution < 1.29 is 5.11 Å². The Labute approximate surface area is 244 Å². The fraction of sp³-hybridized carbons (Fsp3) is 0.600. The molecule has 6 bridgehead atoms. The number of rotatable bonds is 1. The quantitative estimate of drug-likeness (QED) is 0.269. The Bertz CT molecular complexity index is 1190. The highest BCUT2D eigenvalue weighted by Gasteiger charge is 2.43. The van der Waals surface area contributed by atoms with Gasteiger partial charge in [0.1, 0.15) is 5.75 Å². The van der Waals surface area contributed by atoms with Gasteiger partial charge in [-0.05, 0) is 128 Å². The number of hydrogen-bond acceptors (Lipinski definition) is 4. The molecular formula is C35H47NOS2. The molecule has 1 saturated carbocycles. The van der Waals surface area contributed by atoms with Gasteiger partial charge >= 0.3 is 0 Å². The lowest BCUT2D eigenvalue weighted by Gasteiger charge is -2.47. The fourth-order valence-corrected chi connectivity index (χ4v) is 11.9. The average Bonchev–Trinajstić information content (AvgIpc) is 3.09. The van der Waals surface area contributed by atoms with Crippen LogP contribution in [0.3, 0.4) is 0 Å². The van der Waals surface area contributed by atoms with Gasteiger partial charge in [0.25, 0.3) is 0 Å². The Hall–Kier alpha value is -1.36. The summed E-state index contributed by atoms with van der Waals surface area (Å²) >= 11 is 0. The zero-order valence-electron chi connectivity index (χ0n) is 24.1. The topological polar surface area (TPSA) is 32.3 Å². The molecule has 2 aromatic rings. The van der Waals surface area contributed by atoms with Crippen LogP contribution < -0.4 is 5.32 Å². The van der Waals surface area contributed by atoms with E-state index >= 15 is 0 Å². The zero-order chi connectivity index (χ0) is 27.0. The second-order valence-corrected chi connectivity index (χ2v) is 16.6. The monoisotopic (exact) mass is 561 g/mol. The van der Waals surface area contributed by atoms with Gasteiger partial charge in [0.05, 0.1) is 0 Å². The molecule has 2 aromatic carbocycles. The van der Waals surface area contributed by atoms with Crippen molar-refractivity contribution in [2.75, 3.05) is 5.75 Å². The Morgan fingerprint density at radius 2 is 1.82 bits per heavy atom. The summed E-state index contributed by atoms with van der Waals surface area (Å²) in [4.78, 5) is 0. The van der Waals surface area contributed by atoms with E-state index in [0.717, 1.165) is 42.4 Å². The Morgan fingerprint density at radius 3 is 2.67 bits per heavy atom. The molecule has 2 nitrogen and oxygen atoms in total. The molecule has 0 amide bonds. The first-order chi connectivity index (χ1) is 18.8. The molecule has 0 unspecified atom stereocenters. The maximum Gasteiger partial charge on any atom is 0.116 e. The summed E-state index contributed by atoms with van der Waals surface area (Å²) in [5.41, 5.74) is 5.80. The van der Waals surface area contributed by atoms with Crippen molar-refractivity contribution in [3.8, 4) is 5.75 Å². The standard InChI is InChI=1S/C35H47NOS2/c1-24-7-6-11-34(2,21-24)31-17-26-13-25-14-27(19-32(37)18-25)15-28-8-4-5-9-29(28)22-36-35(3)12-10-33(39-38-23-35)30(16-26)20-31/h4-6,8-9,11,14,18-19,24,26,30-31,33,36-37H,7,10,12-13,15-17,20-23H2,1-3H3/t24-,26-,30-,31-,33+,34+,35-/m1/s1. The predicted molar refractivity (Wildman–Crippen MR) is 169 cm³/mol. The van der Waals surface area contributed by atoms with Gasteiger partial charge < -0.3 is 10.4 Å². The van der Waals surface area contributed by atoms with E-state index in [0.29, 0.717) is 17.1 Å². The summed E-state index contributed by atoms with van der Waals surface area (Å²) in [7, 11) is 4.33. The molecule has 0 aromatic heterocycles. The lowest BCUT2D eigenvalue weighted by Crippen LogP contribution is -2.44. The molecule has 4 aliphatic rings. The van der Waals surface area contributed by atoms with Crippen molar-refractivity contribution in [2.45, 2.75) is 95.9 Å². The highest BCUT2D eigenvalue weighted by Crippen LogP contribution is 2.53. The number of benzene rings is 2. The van der Waals surface area contributed by atoms with Crippen molar-refractivity contribution in [2.24, 2.45) is 29.1 Å². The van der Waals surface area contributed by atoms with E-state index < -0.39 is 0 Å². The van der Waals surface area contributed by atoms with E-state index in [1.807, 2.05) is 12.1 Å². The third-order valence-corrected chi connectivity index (χ3v) is 13.7. The van der Waals surface area contributed by atoms with Crippen molar-refractivity contribution in [3.63, 3.8) is 0 Å². The summed E-state index contributed by atoms with van der Waals surface area (Å²) in [6, 6.07) is 15.3. The van der Waals surface area contributed by atoms with E-state index in [9.17, 15) is 5.11 Å². The smallest absolute Gasteiger partial charge is 0.116 e. The van der Waals surface area contributed by atoms with Crippen LogP contribution in [0.1, 0.15) is 88.0 Å². The van der Waals surface area contributed by atoms with Crippen molar-refractivity contribution in [3.05, 3.63) is 76.9 Å². The lowest BCUT2D eigenvalue weighted by molar-refractivity contribution is 0.0837. The first-order valence-electron chi connectivity index (χ1n) is 15.4. The minimum Gasteiger partial charge on any atom is -0.508 e. The second-order valence-electron chi connectivity index (χ2n) is 14.0. The van der Waals surface area contributed by atoms with Crippen LogP contribution in [-0.2, 0) is 19.4 Å². The molecule has 2 aliphatic carbocycles. The van der Waals surface area contributed by atoms with Crippen LogP contribution in [0.25, 0.3) is 0 Å². The molecular weight excluding hydrogens is 515 g/mol. The van der Waals surface area contributed by atoms with Gasteiger partial charge in [-0.25, -0.2) is 0 Å². The van der Waals surface area contributed by atoms with Gasteiger partial charge in [0, 0.05) is 23.1 Å². The van der Waals surface area contributed by atoms with Crippen LogP contribution in [0.4, 0.5) is 0 Å². The summed E-state index contributed by atoms with van der Waals surface area (Å²) in [5, 5.41) is 15.5. The second kappa shape index (κ2) is 11.5. The number of fused-ring (bicyclic) bond motifs is 9. The molecule has 39 heavy (non-hydrogen) atoms. The molecule has 7 atom stereocenters. The minimum atomic E-state index is 0.162. The normalized spacial score (nSPS) is 37.2. The van der Waals surface area contributed by atoms with Crippen LogP contribution in [0, 0.1) is 29.1 Å². The number of hydrogen-bond donors (Lipinski definition) is 2. The molecule has 2 heterocycles. The largest absolute Gasteiger partial charge is 0.508 e. The van der Waals surface area contributed by atoms with Gasteiger partial charge in [0.15, 0.2) is 0 Å². The maximum atomic E-state index is 10.8. The van der Waals surface area contributed by atoms with Crippen LogP contribution in [0.2, 0.25) is 0 Å². The molecule has 6 rings (SSSR count). The number of allylic oxidation sites excluding steroid dienone is 2. The number of nitrogens with one attached hydrogen (secondary N) is 1. The first kappa shape index (κ1) is 27.8. The van der Waals surface area contributed by atoms with E-state index in [1.165, 1.54) is 73.0 Å². The molecule has 0 spiro atoms. The molecule has 4 heteroatoms. The van der Waals surface area contributed by atoms with Gasteiger partial charge in [0.2, 0.25) is 0 Å². The minimum absolute atomic E-state index is 0.162. The van der Waals surface area contributed by atoms with E-state index in [-0.39, 0.29) is 5.54 Å². The molecule has 1 saturated heterocycles. The van der Waals surface area contributed by atoms with Crippen molar-refractivity contribution in [1.82, 2.24) is 5.32 Å². The summed E-state index contributed by atoms with van der Waals surface area (Å²) in [6.45, 7) is 8.37. The molecule has 0 radical (unpaired) electrons. The lowest BCUT2D eigenvalue weighted by atomic mass is 9.59. The fourth-order valence-electron chi connectivity index (χ4n) is 8.28. The molecule has 210 valence electrons. The molecule has 2 aliphatic heterocycles. The van der Waals surface area contributed by atoms with Gasteiger partial charge in [-0.3, -0.25) is 0 Å². The number of phenols is 1. The van der Waals surface area contributed by atoms with E-state index in [4.69, 9.17) is 0 Å².